The maximum Gasteiger partial charge on any atom is 0.138 e. The number of rotatable bonds is 3. The molecule has 0 bridgehead atoms. The van der Waals surface area contributed by atoms with Crippen LogP contribution in [0, 0.1) is 11.9 Å². The Labute approximate surface area is 76.1 Å². The molecule has 0 saturated heterocycles. The number of benzene rings is 1. The van der Waals surface area contributed by atoms with Crippen molar-refractivity contribution in [2.45, 2.75) is 13.3 Å². The van der Waals surface area contributed by atoms with E-state index in [1.807, 2.05) is 6.92 Å². The fraction of sp³-hybridized carbons (Fsp3) is 0.333. The van der Waals surface area contributed by atoms with Gasteiger partial charge in [-0.05, 0) is 18.6 Å². The number of hydrogen-bond acceptors (Lipinski definition) is 1. The van der Waals surface area contributed by atoms with Gasteiger partial charge < -0.3 is 4.74 Å². The van der Waals surface area contributed by atoms with Crippen molar-refractivity contribution in [2.24, 2.45) is 0 Å². The van der Waals surface area contributed by atoms with Gasteiger partial charge in [-0.3, -0.25) is 0 Å². The first kappa shape index (κ1) is 9.33. The van der Waals surface area contributed by atoms with Gasteiger partial charge in [-0.2, -0.15) is 0 Å². The molecule has 0 unspecified atom stereocenters. The Morgan fingerprint density at radius 1 is 1.67 bits per heavy atom. The average Bonchev–Trinajstić information content (AvgIpc) is 2.03. The molecule has 0 amide bonds. The largest absolute Gasteiger partial charge is 0.492 e. The fourth-order valence-electron chi connectivity index (χ4n) is 0.750. The average molecular weight is 188 g/mol. The van der Waals surface area contributed by atoms with E-state index in [4.69, 9.17) is 16.3 Å². The van der Waals surface area contributed by atoms with E-state index < -0.39 is 5.82 Å². The van der Waals surface area contributed by atoms with Gasteiger partial charge in [0.1, 0.15) is 11.6 Å². The summed E-state index contributed by atoms with van der Waals surface area (Å²) in [4.78, 5) is 0. The van der Waals surface area contributed by atoms with Crippen LogP contribution in [-0.4, -0.2) is 6.61 Å². The summed E-state index contributed by atoms with van der Waals surface area (Å²) in [6.07, 6.45) is 0.897. The fourth-order valence-corrected chi connectivity index (χ4v) is 0.955. The minimum Gasteiger partial charge on any atom is -0.492 e. The maximum absolute atomic E-state index is 12.5. The van der Waals surface area contributed by atoms with E-state index >= 15 is 0 Å². The van der Waals surface area contributed by atoms with E-state index in [9.17, 15) is 4.39 Å². The second-order valence-corrected chi connectivity index (χ2v) is 2.75. The van der Waals surface area contributed by atoms with Gasteiger partial charge in [-0.1, -0.05) is 18.5 Å². The van der Waals surface area contributed by atoms with Gasteiger partial charge in [0, 0.05) is 6.07 Å². The summed E-state index contributed by atoms with van der Waals surface area (Å²) in [5, 5.41) is 0.291. The third-order valence-electron chi connectivity index (χ3n) is 1.29. The summed E-state index contributed by atoms with van der Waals surface area (Å²) in [6, 6.07) is 4.97. The minimum atomic E-state index is -0.469. The first-order chi connectivity index (χ1) is 5.74. The van der Waals surface area contributed by atoms with Crippen LogP contribution >= 0.6 is 11.6 Å². The third kappa shape index (κ3) is 2.38. The van der Waals surface area contributed by atoms with Crippen LogP contribution in [0.1, 0.15) is 13.3 Å². The third-order valence-corrected chi connectivity index (χ3v) is 1.59. The van der Waals surface area contributed by atoms with Gasteiger partial charge >= 0.3 is 0 Å². The van der Waals surface area contributed by atoms with E-state index in [2.05, 4.69) is 6.07 Å². The zero-order valence-electron chi connectivity index (χ0n) is 6.73. The van der Waals surface area contributed by atoms with E-state index in [1.54, 1.807) is 0 Å². The van der Waals surface area contributed by atoms with Crippen LogP contribution in [0.3, 0.4) is 0 Å². The summed E-state index contributed by atoms with van der Waals surface area (Å²) in [5.41, 5.74) is 0. The Kier molecular flexibility index (Phi) is 3.35. The van der Waals surface area contributed by atoms with Crippen LogP contribution in [0.2, 0.25) is 5.02 Å². The zero-order valence-corrected chi connectivity index (χ0v) is 7.49. The normalized spacial score (nSPS) is 9.92. The van der Waals surface area contributed by atoms with Gasteiger partial charge in [0.25, 0.3) is 0 Å². The van der Waals surface area contributed by atoms with Gasteiger partial charge in [-0.15, -0.1) is 0 Å². The Hall–Kier alpha value is -0.760. The Morgan fingerprint density at radius 2 is 2.42 bits per heavy atom. The van der Waals surface area contributed by atoms with Crippen LogP contribution in [-0.2, 0) is 0 Å². The molecule has 0 atom stereocenters. The first-order valence-electron chi connectivity index (χ1n) is 3.73. The second-order valence-electron chi connectivity index (χ2n) is 2.34. The van der Waals surface area contributed by atoms with Crippen molar-refractivity contribution in [3.63, 3.8) is 0 Å². The zero-order chi connectivity index (χ0) is 8.97. The van der Waals surface area contributed by atoms with Crippen LogP contribution in [0.5, 0.6) is 5.75 Å². The molecule has 0 aliphatic carbocycles. The van der Waals surface area contributed by atoms with Crippen molar-refractivity contribution in [1.29, 1.82) is 0 Å². The highest BCUT2D eigenvalue weighted by molar-refractivity contribution is 6.32. The molecule has 0 saturated carbocycles. The number of ether oxygens (including phenoxy) is 1. The molecule has 0 aliphatic heterocycles. The lowest BCUT2D eigenvalue weighted by Crippen LogP contribution is -1.95. The quantitative estimate of drug-likeness (QED) is 0.707. The molecule has 1 nitrogen and oxygen atoms in total. The molecular weight excluding hydrogens is 179 g/mol. The minimum absolute atomic E-state index is 0.291. The molecule has 3 heteroatoms. The Balaban J connectivity index is 2.72. The lowest BCUT2D eigenvalue weighted by molar-refractivity contribution is 0.317. The molecule has 0 aromatic heterocycles. The van der Waals surface area contributed by atoms with Crippen molar-refractivity contribution in [1.82, 2.24) is 0 Å². The van der Waals surface area contributed by atoms with E-state index in [0.29, 0.717) is 17.4 Å². The van der Waals surface area contributed by atoms with Crippen molar-refractivity contribution in [2.75, 3.05) is 6.61 Å². The van der Waals surface area contributed by atoms with Crippen LogP contribution in [0.4, 0.5) is 4.39 Å². The molecule has 1 rings (SSSR count). The lowest BCUT2D eigenvalue weighted by atomic mass is 10.3. The van der Waals surface area contributed by atoms with Crippen LogP contribution < -0.4 is 4.74 Å². The summed E-state index contributed by atoms with van der Waals surface area (Å²) in [5.74, 6) is 0.0174. The highest BCUT2D eigenvalue weighted by Crippen LogP contribution is 2.24. The summed E-state index contributed by atoms with van der Waals surface area (Å²) >= 11 is 5.68. The molecular formula is C9H9ClFO. The van der Waals surface area contributed by atoms with Crippen molar-refractivity contribution in [3.8, 4) is 5.75 Å². The van der Waals surface area contributed by atoms with Gasteiger partial charge in [0.05, 0.1) is 11.6 Å². The second kappa shape index (κ2) is 4.31. The smallest absolute Gasteiger partial charge is 0.138 e. The SMILES string of the molecule is CCCOc1c[c]c(F)cc1Cl. The molecule has 1 aromatic carbocycles. The predicted molar refractivity (Wildman–Crippen MR) is 46.0 cm³/mol. The highest BCUT2D eigenvalue weighted by atomic mass is 35.5. The lowest BCUT2D eigenvalue weighted by Gasteiger charge is -2.05. The predicted octanol–water partition coefficient (Wildman–Crippen LogP) is 3.07. The molecule has 0 aliphatic rings. The molecule has 0 spiro atoms. The van der Waals surface area contributed by atoms with E-state index in [1.165, 1.54) is 12.1 Å². The molecule has 0 fully saturated rings. The topological polar surface area (TPSA) is 9.23 Å². The van der Waals surface area contributed by atoms with Crippen LogP contribution in [0.15, 0.2) is 12.1 Å². The van der Waals surface area contributed by atoms with Crippen molar-refractivity contribution in [3.05, 3.63) is 29.0 Å². The van der Waals surface area contributed by atoms with Gasteiger partial charge in [0.2, 0.25) is 0 Å². The first-order valence-corrected chi connectivity index (χ1v) is 4.11. The summed E-state index contributed by atoms with van der Waals surface area (Å²) in [6.45, 7) is 2.57. The standard InChI is InChI=1S/C9H9ClFO/c1-2-5-12-9-4-3-7(11)6-8(9)10/h4,6H,2,5H2,1H3. The molecule has 65 valence electrons. The summed E-state index contributed by atoms with van der Waals surface area (Å²) < 4.78 is 17.7. The maximum atomic E-state index is 12.5. The molecule has 0 N–H and O–H groups in total. The molecule has 12 heavy (non-hydrogen) atoms. The molecule has 1 radical (unpaired) electrons. The monoisotopic (exact) mass is 187 g/mol. The highest BCUT2D eigenvalue weighted by Gasteiger charge is 2.01. The van der Waals surface area contributed by atoms with Crippen molar-refractivity contribution >= 4 is 11.6 Å². The van der Waals surface area contributed by atoms with Crippen molar-refractivity contribution < 1.29 is 9.13 Å². The number of hydrogen-bond donors (Lipinski definition) is 0. The Morgan fingerprint density at radius 3 is 3.00 bits per heavy atom. The van der Waals surface area contributed by atoms with Gasteiger partial charge in [0.15, 0.2) is 0 Å². The van der Waals surface area contributed by atoms with Crippen LogP contribution in [0.25, 0.3) is 0 Å². The summed E-state index contributed by atoms with van der Waals surface area (Å²) in [7, 11) is 0. The Bertz CT molecular complexity index is 263. The van der Waals surface area contributed by atoms with E-state index in [-0.39, 0.29) is 0 Å². The molecule has 0 heterocycles. The van der Waals surface area contributed by atoms with Gasteiger partial charge in [-0.25, -0.2) is 4.39 Å². The number of halogens is 2. The van der Waals surface area contributed by atoms with E-state index in [0.717, 1.165) is 6.42 Å². The molecule has 1 aromatic rings.